The maximum absolute atomic E-state index is 5.57. The first-order valence-corrected chi connectivity index (χ1v) is 7.70. The van der Waals surface area contributed by atoms with Crippen LogP contribution >= 0.6 is 11.3 Å². The summed E-state index contributed by atoms with van der Waals surface area (Å²) < 4.78 is 10.8. The number of unbranched alkanes of at least 4 members (excludes halogenated alkanes) is 1. The molecule has 1 rings (SSSR count). The maximum Gasteiger partial charge on any atom is 0.0591 e. The second-order valence-electron chi connectivity index (χ2n) is 4.10. The molecule has 4 heteroatoms. The molecular formula is C14H25NO2S. The summed E-state index contributed by atoms with van der Waals surface area (Å²) in [7, 11) is 0. The fraction of sp³-hybridized carbons (Fsp3) is 0.714. The molecule has 0 aliphatic heterocycles. The van der Waals surface area contributed by atoms with Crippen LogP contribution < -0.4 is 5.32 Å². The lowest BCUT2D eigenvalue weighted by Gasteiger charge is -2.06. The second-order valence-corrected chi connectivity index (χ2v) is 5.13. The standard InChI is InChI=1S/C14H25NO2S/c1-2-16-10-4-3-8-15-9-12-17-11-7-14-6-5-13-18-14/h5-6,13,15H,2-4,7-12H2,1H3. The molecule has 0 amide bonds. The Balaban J connectivity index is 1.73. The van der Waals surface area contributed by atoms with Crippen LogP contribution in [-0.2, 0) is 15.9 Å². The highest BCUT2D eigenvalue weighted by Crippen LogP contribution is 2.08. The minimum atomic E-state index is 0.802. The van der Waals surface area contributed by atoms with Crippen molar-refractivity contribution < 1.29 is 9.47 Å². The molecule has 1 heterocycles. The molecule has 0 unspecified atom stereocenters. The Hall–Kier alpha value is -0.420. The minimum Gasteiger partial charge on any atom is -0.382 e. The van der Waals surface area contributed by atoms with E-state index < -0.39 is 0 Å². The first kappa shape index (κ1) is 15.6. The third-order valence-electron chi connectivity index (χ3n) is 2.59. The predicted molar refractivity (Wildman–Crippen MR) is 77.4 cm³/mol. The van der Waals surface area contributed by atoms with Gasteiger partial charge in [-0.25, -0.2) is 0 Å². The molecule has 104 valence electrons. The molecule has 0 aliphatic rings. The van der Waals surface area contributed by atoms with Gasteiger partial charge < -0.3 is 14.8 Å². The van der Waals surface area contributed by atoms with E-state index >= 15 is 0 Å². The number of hydrogen-bond acceptors (Lipinski definition) is 4. The average Bonchev–Trinajstić information content (AvgIpc) is 2.89. The summed E-state index contributed by atoms with van der Waals surface area (Å²) >= 11 is 1.80. The second kappa shape index (κ2) is 11.7. The highest BCUT2D eigenvalue weighted by atomic mass is 32.1. The van der Waals surface area contributed by atoms with Gasteiger partial charge in [-0.15, -0.1) is 11.3 Å². The highest BCUT2D eigenvalue weighted by Gasteiger charge is 1.94. The molecular weight excluding hydrogens is 246 g/mol. The zero-order valence-electron chi connectivity index (χ0n) is 11.3. The normalized spacial score (nSPS) is 10.9. The molecule has 0 atom stereocenters. The van der Waals surface area contributed by atoms with E-state index in [1.807, 2.05) is 6.92 Å². The van der Waals surface area contributed by atoms with Crippen molar-refractivity contribution in [1.82, 2.24) is 5.32 Å². The Bertz CT molecular complexity index is 265. The van der Waals surface area contributed by atoms with Crippen molar-refractivity contribution in [1.29, 1.82) is 0 Å². The van der Waals surface area contributed by atoms with Crippen LogP contribution in [0.3, 0.4) is 0 Å². The van der Waals surface area contributed by atoms with Gasteiger partial charge in [0.1, 0.15) is 0 Å². The van der Waals surface area contributed by atoms with Crippen molar-refractivity contribution in [2.24, 2.45) is 0 Å². The number of rotatable bonds is 12. The van der Waals surface area contributed by atoms with Gasteiger partial charge in [0.05, 0.1) is 13.2 Å². The van der Waals surface area contributed by atoms with E-state index in [0.29, 0.717) is 0 Å². The van der Waals surface area contributed by atoms with E-state index in [2.05, 4.69) is 22.8 Å². The Morgan fingerprint density at radius 3 is 2.83 bits per heavy atom. The summed E-state index contributed by atoms with van der Waals surface area (Å²) in [5.74, 6) is 0. The quantitative estimate of drug-likeness (QED) is 0.593. The monoisotopic (exact) mass is 271 g/mol. The zero-order valence-corrected chi connectivity index (χ0v) is 12.1. The van der Waals surface area contributed by atoms with Gasteiger partial charge in [-0.3, -0.25) is 0 Å². The first-order valence-electron chi connectivity index (χ1n) is 6.82. The van der Waals surface area contributed by atoms with E-state index in [4.69, 9.17) is 9.47 Å². The van der Waals surface area contributed by atoms with Gasteiger partial charge in [-0.05, 0) is 37.8 Å². The molecule has 0 bridgehead atoms. The fourth-order valence-corrected chi connectivity index (χ4v) is 2.29. The lowest BCUT2D eigenvalue weighted by atomic mass is 10.3. The van der Waals surface area contributed by atoms with Crippen LogP contribution in [0, 0.1) is 0 Å². The van der Waals surface area contributed by atoms with Crippen LogP contribution in [0.4, 0.5) is 0 Å². The first-order chi connectivity index (χ1) is 8.93. The third kappa shape index (κ3) is 8.64. The zero-order chi connectivity index (χ0) is 12.9. The molecule has 0 spiro atoms. The van der Waals surface area contributed by atoms with Gasteiger partial charge in [0, 0.05) is 31.1 Å². The van der Waals surface area contributed by atoms with E-state index in [1.54, 1.807) is 11.3 Å². The van der Waals surface area contributed by atoms with Gasteiger partial charge in [0.15, 0.2) is 0 Å². The minimum absolute atomic E-state index is 0.802. The van der Waals surface area contributed by atoms with Gasteiger partial charge >= 0.3 is 0 Å². The average molecular weight is 271 g/mol. The van der Waals surface area contributed by atoms with Crippen LogP contribution in [0.25, 0.3) is 0 Å². The Morgan fingerprint density at radius 2 is 2.06 bits per heavy atom. The number of thiophene rings is 1. The largest absolute Gasteiger partial charge is 0.382 e. The number of hydrogen-bond donors (Lipinski definition) is 1. The van der Waals surface area contributed by atoms with Gasteiger partial charge in [-0.2, -0.15) is 0 Å². The molecule has 1 aromatic heterocycles. The summed E-state index contributed by atoms with van der Waals surface area (Å²) in [5.41, 5.74) is 0. The van der Waals surface area contributed by atoms with Crippen molar-refractivity contribution in [2.75, 3.05) is 39.5 Å². The predicted octanol–water partition coefficient (Wildman–Crippen LogP) is 2.71. The Labute approximate surface area is 114 Å². The summed E-state index contributed by atoms with van der Waals surface area (Å²) in [5, 5.41) is 5.49. The lowest BCUT2D eigenvalue weighted by Crippen LogP contribution is -2.21. The van der Waals surface area contributed by atoms with E-state index in [9.17, 15) is 0 Å². The molecule has 0 radical (unpaired) electrons. The molecule has 1 aromatic rings. The van der Waals surface area contributed by atoms with Crippen molar-refractivity contribution in [3.8, 4) is 0 Å². The van der Waals surface area contributed by atoms with Crippen molar-refractivity contribution in [3.05, 3.63) is 22.4 Å². The Morgan fingerprint density at radius 1 is 1.11 bits per heavy atom. The fourth-order valence-electron chi connectivity index (χ4n) is 1.60. The summed E-state index contributed by atoms with van der Waals surface area (Å²) in [4.78, 5) is 1.40. The van der Waals surface area contributed by atoms with Gasteiger partial charge in [-0.1, -0.05) is 6.07 Å². The topological polar surface area (TPSA) is 30.5 Å². The van der Waals surface area contributed by atoms with Crippen LogP contribution in [0.2, 0.25) is 0 Å². The highest BCUT2D eigenvalue weighted by molar-refractivity contribution is 7.09. The molecule has 0 saturated carbocycles. The molecule has 3 nitrogen and oxygen atoms in total. The van der Waals surface area contributed by atoms with E-state index in [0.717, 1.165) is 52.4 Å². The molecule has 1 N–H and O–H groups in total. The summed E-state index contributed by atoms with van der Waals surface area (Å²) in [6, 6.07) is 4.24. The SMILES string of the molecule is CCOCCCCNCCOCCc1cccs1. The third-order valence-corrected chi connectivity index (χ3v) is 3.53. The van der Waals surface area contributed by atoms with Crippen molar-refractivity contribution >= 4 is 11.3 Å². The molecule has 0 aliphatic carbocycles. The van der Waals surface area contributed by atoms with Crippen LogP contribution in [0.15, 0.2) is 17.5 Å². The molecule has 0 saturated heterocycles. The molecule has 18 heavy (non-hydrogen) atoms. The van der Waals surface area contributed by atoms with Crippen LogP contribution in [-0.4, -0.2) is 39.5 Å². The number of ether oxygens (including phenoxy) is 2. The van der Waals surface area contributed by atoms with E-state index in [-0.39, 0.29) is 0 Å². The van der Waals surface area contributed by atoms with Crippen molar-refractivity contribution in [2.45, 2.75) is 26.2 Å². The van der Waals surface area contributed by atoms with Crippen LogP contribution in [0.5, 0.6) is 0 Å². The van der Waals surface area contributed by atoms with E-state index in [1.165, 1.54) is 11.3 Å². The van der Waals surface area contributed by atoms with Gasteiger partial charge in [0.25, 0.3) is 0 Å². The number of nitrogens with one attached hydrogen (secondary N) is 1. The Kier molecular flexibility index (Phi) is 10.1. The summed E-state index contributed by atoms with van der Waals surface area (Å²) in [6.45, 7) is 7.37. The lowest BCUT2D eigenvalue weighted by molar-refractivity contribution is 0.136. The molecule has 0 fully saturated rings. The summed E-state index contributed by atoms with van der Waals surface area (Å²) in [6.07, 6.45) is 3.35. The van der Waals surface area contributed by atoms with Crippen LogP contribution in [0.1, 0.15) is 24.6 Å². The maximum atomic E-state index is 5.57. The van der Waals surface area contributed by atoms with Gasteiger partial charge in [0.2, 0.25) is 0 Å². The smallest absolute Gasteiger partial charge is 0.0591 e. The molecule has 0 aromatic carbocycles. The van der Waals surface area contributed by atoms with Crippen molar-refractivity contribution in [3.63, 3.8) is 0 Å².